The normalized spacial score (nSPS) is 13.8. The fourth-order valence-electron chi connectivity index (χ4n) is 7.27. The Hall–Kier alpha value is -2.30. The molecule has 0 aromatic carbocycles. The fourth-order valence-corrected chi connectivity index (χ4v) is 8.05. The number of carbonyl (C=O) groups excluding carboxylic acids is 2. The summed E-state index contributed by atoms with van der Waals surface area (Å²) >= 11 is 0. The van der Waals surface area contributed by atoms with E-state index in [1.165, 1.54) is 128 Å². The number of phosphoric ester groups is 1. The monoisotopic (exact) mass is 912 g/mol. The van der Waals surface area contributed by atoms with E-state index in [9.17, 15) is 34.1 Å². The number of hydrogen-bond acceptors (Lipinski definition) is 8. The van der Waals surface area contributed by atoms with Gasteiger partial charge in [0, 0.05) is 12.8 Å². The zero-order chi connectivity index (χ0) is 46.3. The van der Waals surface area contributed by atoms with Crippen LogP contribution in [0.4, 0.5) is 0 Å². The Bertz CT molecular complexity index is 1210. The van der Waals surface area contributed by atoms with Gasteiger partial charge >= 0.3 is 19.8 Å². The maximum absolute atomic E-state index is 12.4. The number of carbonyl (C=O) groups is 3. The van der Waals surface area contributed by atoms with Gasteiger partial charge in [-0.15, -0.1) is 0 Å². The number of carboxylic acids is 1. The van der Waals surface area contributed by atoms with E-state index in [0.29, 0.717) is 12.8 Å². The fraction of sp³-hybridized carbons (Fsp3) is 0.824. The van der Waals surface area contributed by atoms with Crippen molar-refractivity contribution < 1.29 is 47.8 Å². The third-order valence-corrected chi connectivity index (χ3v) is 12.1. The van der Waals surface area contributed by atoms with E-state index in [4.69, 9.17) is 13.8 Å². The van der Waals surface area contributed by atoms with Crippen LogP contribution in [0.15, 0.2) is 36.5 Å². The van der Waals surface area contributed by atoms with Gasteiger partial charge in [-0.3, -0.25) is 18.6 Å². The molecule has 3 atom stereocenters. The Balaban J connectivity index is 3.81. The second-order valence-corrected chi connectivity index (χ2v) is 18.8. The molecule has 0 spiro atoms. The van der Waals surface area contributed by atoms with Gasteiger partial charge in [0.15, 0.2) is 6.04 Å². The molecule has 0 rings (SSSR count). The van der Waals surface area contributed by atoms with Crippen LogP contribution in [0, 0.1) is 0 Å². The van der Waals surface area contributed by atoms with Crippen LogP contribution in [0.2, 0.25) is 0 Å². The topological polar surface area (TPSA) is 169 Å². The molecule has 1 amide bonds. The molecule has 11 nitrogen and oxygen atoms in total. The lowest BCUT2D eigenvalue weighted by Gasteiger charge is -2.18. The first-order valence-electron chi connectivity index (χ1n) is 25.5. The number of allylic oxidation sites excluding steroid dienone is 6. The average molecular weight is 912 g/mol. The molecule has 3 unspecified atom stereocenters. The molecular weight excluding hydrogens is 818 g/mol. The molecule has 0 aliphatic rings. The minimum absolute atomic E-state index is 0.149. The summed E-state index contributed by atoms with van der Waals surface area (Å²) in [7, 11) is -4.76. The van der Waals surface area contributed by atoms with Crippen molar-refractivity contribution >= 4 is 25.7 Å². The Morgan fingerprint density at radius 1 is 0.524 bits per heavy atom. The van der Waals surface area contributed by atoms with Crippen LogP contribution in [-0.2, 0) is 32.7 Å². The summed E-state index contributed by atoms with van der Waals surface area (Å²) in [5, 5.41) is 21.9. The van der Waals surface area contributed by atoms with Crippen LogP contribution in [0.3, 0.4) is 0 Å². The first-order valence-corrected chi connectivity index (χ1v) is 27.0. The summed E-state index contributed by atoms with van der Waals surface area (Å²) < 4.78 is 26.9. The highest BCUT2D eigenvalue weighted by molar-refractivity contribution is 7.47. The van der Waals surface area contributed by atoms with Gasteiger partial charge in [0.1, 0.15) is 12.7 Å². The zero-order valence-corrected chi connectivity index (χ0v) is 41.0. The van der Waals surface area contributed by atoms with Gasteiger partial charge in [-0.05, 0) is 44.9 Å². The van der Waals surface area contributed by atoms with Gasteiger partial charge in [0.25, 0.3) is 0 Å². The Kier molecular flexibility index (Phi) is 44.5. The number of esters is 1. The van der Waals surface area contributed by atoms with E-state index in [0.717, 1.165) is 70.6 Å². The van der Waals surface area contributed by atoms with Crippen molar-refractivity contribution in [3.05, 3.63) is 36.5 Å². The highest BCUT2D eigenvalue weighted by Crippen LogP contribution is 2.43. The highest BCUT2D eigenvalue weighted by atomic mass is 31.2. The number of aliphatic hydroxyl groups excluding tert-OH is 1. The minimum Gasteiger partial charge on any atom is -0.480 e. The predicted octanol–water partition coefficient (Wildman–Crippen LogP) is 14.0. The molecule has 0 aliphatic heterocycles. The van der Waals surface area contributed by atoms with Crippen molar-refractivity contribution in [3.63, 3.8) is 0 Å². The second kappa shape index (κ2) is 46.2. The number of rotatable bonds is 48. The number of hydrogen-bond donors (Lipinski definition) is 4. The molecule has 0 heterocycles. The molecule has 12 heteroatoms. The van der Waals surface area contributed by atoms with Crippen molar-refractivity contribution in [2.45, 2.75) is 251 Å². The molecule has 0 aliphatic carbocycles. The molecule has 0 bridgehead atoms. The van der Waals surface area contributed by atoms with Crippen LogP contribution in [0.25, 0.3) is 0 Å². The number of carboxylic acid groups (broad SMARTS) is 1. The van der Waals surface area contributed by atoms with Crippen LogP contribution in [-0.4, -0.2) is 64.9 Å². The average Bonchev–Trinajstić information content (AvgIpc) is 3.26. The van der Waals surface area contributed by atoms with E-state index in [-0.39, 0.29) is 12.8 Å². The lowest BCUT2D eigenvalue weighted by molar-refractivity contribution is -0.147. The number of unbranched alkanes of at least 4 members (excludes halogenated alkanes) is 28. The molecule has 0 aromatic heterocycles. The van der Waals surface area contributed by atoms with E-state index in [1.54, 1.807) is 0 Å². The maximum atomic E-state index is 12.4. The van der Waals surface area contributed by atoms with E-state index >= 15 is 0 Å². The van der Waals surface area contributed by atoms with Crippen LogP contribution in [0.5, 0.6) is 0 Å². The van der Waals surface area contributed by atoms with Crippen molar-refractivity contribution in [3.8, 4) is 0 Å². The largest absolute Gasteiger partial charge is 0.480 e. The molecule has 0 fully saturated rings. The Morgan fingerprint density at radius 2 is 0.921 bits per heavy atom. The maximum Gasteiger partial charge on any atom is 0.472 e. The van der Waals surface area contributed by atoms with Gasteiger partial charge in [-0.2, -0.15) is 0 Å². The lowest BCUT2D eigenvalue weighted by Crippen LogP contribution is -2.43. The van der Waals surface area contributed by atoms with Crippen molar-refractivity contribution in [2.75, 3.05) is 19.8 Å². The van der Waals surface area contributed by atoms with E-state index < -0.39 is 57.6 Å². The number of amides is 1. The molecule has 368 valence electrons. The summed E-state index contributed by atoms with van der Waals surface area (Å²) in [6.07, 6.45) is 51.7. The molecule has 0 saturated heterocycles. The molecule has 0 aromatic rings. The van der Waals surface area contributed by atoms with Gasteiger partial charge in [0.2, 0.25) is 5.91 Å². The Labute approximate surface area is 384 Å². The number of aliphatic hydroxyl groups is 1. The summed E-state index contributed by atoms with van der Waals surface area (Å²) in [5.41, 5.74) is 0. The van der Waals surface area contributed by atoms with Gasteiger partial charge < -0.3 is 25.2 Å². The quantitative estimate of drug-likeness (QED) is 0.0199. The summed E-state index contributed by atoms with van der Waals surface area (Å²) in [4.78, 5) is 46.1. The highest BCUT2D eigenvalue weighted by Gasteiger charge is 2.28. The van der Waals surface area contributed by atoms with Crippen molar-refractivity contribution in [2.24, 2.45) is 0 Å². The summed E-state index contributed by atoms with van der Waals surface area (Å²) in [6, 6.07) is -1.55. The molecular formula is C51H94NO10P. The van der Waals surface area contributed by atoms with Crippen molar-refractivity contribution in [1.29, 1.82) is 0 Å². The summed E-state index contributed by atoms with van der Waals surface area (Å²) in [6.45, 7) is 2.51. The summed E-state index contributed by atoms with van der Waals surface area (Å²) in [5.74, 6) is -2.37. The van der Waals surface area contributed by atoms with Crippen LogP contribution < -0.4 is 5.32 Å². The smallest absolute Gasteiger partial charge is 0.472 e. The van der Waals surface area contributed by atoms with Gasteiger partial charge in [0.05, 0.1) is 13.2 Å². The molecule has 4 N–H and O–H groups in total. The van der Waals surface area contributed by atoms with Gasteiger partial charge in [-0.25, -0.2) is 9.36 Å². The molecule has 0 saturated carbocycles. The zero-order valence-electron chi connectivity index (χ0n) is 40.1. The number of phosphoric acid groups is 1. The number of aliphatic carboxylic acids is 1. The number of nitrogens with one attached hydrogen (secondary N) is 1. The molecule has 63 heavy (non-hydrogen) atoms. The van der Waals surface area contributed by atoms with Crippen molar-refractivity contribution in [1.82, 2.24) is 5.32 Å². The second-order valence-electron chi connectivity index (χ2n) is 17.3. The third kappa shape index (κ3) is 46.0. The first kappa shape index (κ1) is 60.7. The SMILES string of the molecule is CC/C=C\C/C=C\C/C=C\CCCCCCCCCC(=O)OCC(O)COP(=O)(O)OCC(NC(=O)CCCCCCCCCCCCCCCCCCCCCCCC)C(=O)O. The van der Waals surface area contributed by atoms with Crippen LogP contribution in [0.1, 0.15) is 239 Å². The number of ether oxygens (including phenoxy) is 1. The Morgan fingerprint density at radius 3 is 1.38 bits per heavy atom. The minimum atomic E-state index is -4.76. The van der Waals surface area contributed by atoms with Crippen LogP contribution >= 0.6 is 7.82 Å². The van der Waals surface area contributed by atoms with E-state index in [2.05, 4.69) is 55.6 Å². The predicted molar refractivity (Wildman–Crippen MR) is 259 cm³/mol. The third-order valence-electron chi connectivity index (χ3n) is 11.2. The van der Waals surface area contributed by atoms with E-state index in [1.807, 2.05) is 0 Å². The first-order chi connectivity index (χ1) is 30.6. The van der Waals surface area contributed by atoms with Gasteiger partial charge in [-0.1, -0.05) is 217 Å². The standard InChI is InChI=1S/C51H94NO10P/c1-3-5-7-9-11-13-15-17-19-21-22-23-24-25-27-28-30-32-34-36-38-40-42-49(54)52-48(51(56)57)46-62-63(58,59)61-45-47(53)44-60-50(55)43-41-39-37-35-33-31-29-26-20-18-16-14-12-10-8-6-4-2/h6,8,12,14,18,20,47-48,53H,3-5,7,9-11,13,15-17,19,21-46H2,1-2H3,(H,52,54)(H,56,57)(H,58,59)/b8-6-,14-12-,20-18-. The lowest BCUT2D eigenvalue weighted by atomic mass is 10.0. The molecule has 0 radical (unpaired) electrons.